The minimum absolute atomic E-state index is 0.112. The van der Waals surface area contributed by atoms with E-state index in [4.69, 9.17) is 20.8 Å². The summed E-state index contributed by atoms with van der Waals surface area (Å²) >= 11 is 6.02. The molecule has 0 atom stereocenters. The van der Waals surface area contributed by atoms with Crippen LogP contribution in [0.15, 0.2) is 28.7 Å². The molecule has 2 aromatic rings. The van der Waals surface area contributed by atoms with E-state index in [0.717, 1.165) is 48.4 Å². The van der Waals surface area contributed by atoms with E-state index in [0.29, 0.717) is 6.54 Å². The lowest BCUT2D eigenvalue weighted by Crippen LogP contribution is -2.46. The van der Waals surface area contributed by atoms with Gasteiger partial charge in [0, 0.05) is 23.8 Å². The quantitative estimate of drug-likeness (QED) is 0.932. The van der Waals surface area contributed by atoms with Gasteiger partial charge < -0.3 is 9.15 Å². The number of halogens is 1. The Morgan fingerprint density at radius 2 is 1.86 bits per heavy atom. The molecular weight excluding hydrogens is 300 g/mol. The molecular formula is C17H21ClN2O2. The molecule has 1 aliphatic heterocycles. The fourth-order valence-corrected chi connectivity index (χ4v) is 3.04. The Morgan fingerprint density at radius 3 is 2.45 bits per heavy atom. The van der Waals surface area contributed by atoms with Crippen LogP contribution in [0.1, 0.15) is 35.7 Å². The molecule has 1 saturated heterocycles. The molecule has 0 unspecified atom stereocenters. The van der Waals surface area contributed by atoms with E-state index in [1.807, 2.05) is 26.0 Å². The predicted octanol–water partition coefficient (Wildman–Crippen LogP) is 3.74. The lowest BCUT2D eigenvalue weighted by atomic mass is 9.82. The number of oxazole rings is 1. The van der Waals surface area contributed by atoms with Gasteiger partial charge in [0.05, 0.1) is 12.2 Å². The third-order valence-electron chi connectivity index (χ3n) is 4.39. The molecule has 1 fully saturated rings. The van der Waals surface area contributed by atoms with E-state index in [9.17, 15) is 0 Å². The van der Waals surface area contributed by atoms with E-state index in [1.165, 1.54) is 5.56 Å². The van der Waals surface area contributed by atoms with Crippen molar-refractivity contribution in [3.63, 3.8) is 0 Å². The third-order valence-corrected chi connectivity index (χ3v) is 4.65. The van der Waals surface area contributed by atoms with E-state index >= 15 is 0 Å². The highest BCUT2D eigenvalue weighted by molar-refractivity contribution is 6.30. The first-order valence-electron chi connectivity index (χ1n) is 7.61. The smallest absolute Gasteiger partial charge is 0.208 e. The second-order valence-electron chi connectivity index (χ2n) is 5.80. The minimum atomic E-state index is -0.112. The average molecular weight is 321 g/mol. The molecule has 0 radical (unpaired) electrons. The van der Waals surface area contributed by atoms with Gasteiger partial charge in [-0.15, -0.1) is 0 Å². The Morgan fingerprint density at radius 1 is 1.18 bits per heavy atom. The van der Waals surface area contributed by atoms with Crippen LogP contribution in [0.2, 0.25) is 5.02 Å². The summed E-state index contributed by atoms with van der Waals surface area (Å²) in [6.45, 7) is 6.01. The average Bonchev–Trinajstić information content (AvgIpc) is 2.85. The molecule has 118 valence electrons. The summed E-state index contributed by atoms with van der Waals surface area (Å²) in [6, 6.07) is 8.06. The third kappa shape index (κ3) is 3.19. The molecule has 2 heterocycles. The normalized spacial score (nSPS) is 17.6. The highest BCUT2D eigenvalue weighted by atomic mass is 35.5. The second-order valence-corrected chi connectivity index (χ2v) is 6.24. The Balaban J connectivity index is 1.81. The number of aryl methyl sites for hydroxylation is 2. The number of aromatic nitrogens is 1. The summed E-state index contributed by atoms with van der Waals surface area (Å²) in [7, 11) is 0. The van der Waals surface area contributed by atoms with Crippen molar-refractivity contribution >= 4 is 11.6 Å². The number of hydrogen-bond donors (Lipinski definition) is 1. The predicted molar refractivity (Wildman–Crippen MR) is 86.0 cm³/mol. The molecule has 0 bridgehead atoms. The summed E-state index contributed by atoms with van der Waals surface area (Å²) in [5.41, 5.74) is 2.07. The molecule has 22 heavy (non-hydrogen) atoms. The number of rotatable bonds is 4. The first-order chi connectivity index (χ1) is 10.6. The van der Waals surface area contributed by atoms with Crippen LogP contribution in [0.3, 0.4) is 0 Å². The fourth-order valence-electron chi connectivity index (χ4n) is 2.92. The van der Waals surface area contributed by atoms with E-state index < -0.39 is 0 Å². The molecule has 0 saturated carbocycles. The van der Waals surface area contributed by atoms with Gasteiger partial charge in [-0.3, -0.25) is 5.32 Å². The number of hydrogen-bond acceptors (Lipinski definition) is 4. The zero-order chi connectivity index (χ0) is 15.6. The van der Waals surface area contributed by atoms with Gasteiger partial charge in [-0.05, 0) is 44.4 Å². The summed E-state index contributed by atoms with van der Waals surface area (Å²) in [5, 5.41) is 4.40. The van der Waals surface area contributed by atoms with Crippen LogP contribution in [0, 0.1) is 13.8 Å². The molecule has 1 aliphatic rings. The highest BCUT2D eigenvalue weighted by Crippen LogP contribution is 2.33. The molecule has 0 aliphatic carbocycles. The molecule has 5 heteroatoms. The van der Waals surface area contributed by atoms with Gasteiger partial charge in [0.25, 0.3) is 0 Å². The Bertz CT molecular complexity index is 611. The topological polar surface area (TPSA) is 47.3 Å². The van der Waals surface area contributed by atoms with Crippen molar-refractivity contribution in [2.45, 2.75) is 38.8 Å². The maximum Gasteiger partial charge on any atom is 0.208 e. The molecule has 1 aromatic carbocycles. The van der Waals surface area contributed by atoms with Gasteiger partial charge in [-0.2, -0.15) is 0 Å². The van der Waals surface area contributed by atoms with Crippen LogP contribution in [-0.4, -0.2) is 18.2 Å². The highest BCUT2D eigenvalue weighted by Gasteiger charge is 2.34. The number of benzene rings is 1. The second kappa shape index (κ2) is 6.41. The van der Waals surface area contributed by atoms with Crippen molar-refractivity contribution in [2.24, 2.45) is 0 Å². The Hall–Kier alpha value is -1.36. The van der Waals surface area contributed by atoms with E-state index in [1.54, 1.807) is 0 Å². The number of ether oxygens (including phenoxy) is 1. The SMILES string of the molecule is Cc1nc(CNC2(c3ccc(Cl)cc3)CCOCC2)oc1C. The Labute approximate surface area is 135 Å². The van der Waals surface area contributed by atoms with Gasteiger partial charge in [0.1, 0.15) is 5.76 Å². The van der Waals surface area contributed by atoms with Crippen LogP contribution < -0.4 is 5.32 Å². The maximum absolute atomic E-state index is 6.02. The molecule has 0 amide bonds. The lowest BCUT2D eigenvalue weighted by Gasteiger charge is -2.38. The Kier molecular flexibility index (Phi) is 4.52. The fraction of sp³-hybridized carbons (Fsp3) is 0.471. The molecule has 3 rings (SSSR count). The van der Waals surface area contributed by atoms with Gasteiger partial charge >= 0.3 is 0 Å². The van der Waals surface area contributed by atoms with Crippen LogP contribution in [0.25, 0.3) is 0 Å². The van der Waals surface area contributed by atoms with Gasteiger partial charge in [-0.25, -0.2) is 4.98 Å². The lowest BCUT2D eigenvalue weighted by molar-refractivity contribution is 0.0348. The standard InChI is InChI=1S/C17H21ClN2O2/c1-12-13(2)22-16(20-12)11-19-17(7-9-21-10-8-17)14-3-5-15(18)6-4-14/h3-6,19H,7-11H2,1-2H3. The van der Waals surface area contributed by atoms with Crippen molar-refractivity contribution in [3.05, 3.63) is 52.2 Å². The first kappa shape index (κ1) is 15.5. The van der Waals surface area contributed by atoms with E-state index in [-0.39, 0.29) is 5.54 Å². The largest absolute Gasteiger partial charge is 0.444 e. The summed E-state index contributed by atoms with van der Waals surface area (Å²) < 4.78 is 11.2. The summed E-state index contributed by atoms with van der Waals surface area (Å²) in [6.07, 6.45) is 1.85. The zero-order valence-electron chi connectivity index (χ0n) is 13.0. The van der Waals surface area contributed by atoms with Crippen molar-refractivity contribution in [1.82, 2.24) is 10.3 Å². The van der Waals surface area contributed by atoms with E-state index in [2.05, 4.69) is 22.4 Å². The molecule has 1 aromatic heterocycles. The number of nitrogens with one attached hydrogen (secondary N) is 1. The monoisotopic (exact) mass is 320 g/mol. The molecule has 4 nitrogen and oxygen atoms in total. The zero-order valence-corrected chi connectivity index (χ0v) is 13.7. The van der Waals surface area contributed by atoms with Crippen LogP contribution in [0.5, 0.6) is 0 Å². The van der Waals surface area contributed by atoms with Crippen LogP contribution in [0.4, 0.5) is 0 Å². The molecule has 1 N–H and O–H groups in total. The number of nitrogens with zero attached hydrogens (tertiary/aromatic N) is 1. The summed E-state index contributed by atoms with van der Waals surface area (Å²) in [4.78, 5) is 4.45. The van der Waals surface area contributed by atoms with Crippen molar-refractivity contribution in [1.29, 1.82) is 0 Å². The minimum Gasteiger partial charge on any atom is -0.444 e. The summed E-state index contributed by atoms with van der Waals surface area (Å²) in [5.74, 6) is 1.61. The van der Waals surface area contributed by atoms with Crippen molar-refractivity contribution < 1.29 is 9.15 Å². The van der Waals surface area contributed by atoms with Crippen LogP contribution >= 0.6 is 11.6 Å². The van der Waals surface area contributed by atoms with Crippen molar-refractivity contribution in [2.75, 3.05) is 13.2 Å². The maximum atomic E-state index is 6.02. The van der Waals surface area contributed by atoms with Crippen molar-refractivity contribution in [3.8, 4) is 0 Å². The van der Waals surface area contributed by atoms with Gasteiger partial charge in [-0.1, -0.05) is 23.7 Å². The van der Waals surface area contributed by atoms with Crippen LogP contribution in [-0.2, 0) is 16.8 Å². The van der Waals surface area contributed by atoms with Gasteiger partial charge in [0.15, 0.2) is 0 Å². The molecule has 0 spiro atoms. The van der Waals surface area contributed by atoms with Gasteiger partial charge in [0.2, 0.25) is 5.89 Å². The first-order valence-corrected chi connectivity index (χ1v) is 7.99.